The Balaban J connectivity index is 1.35. The van der Waals surface area contributed by atoms with Crippen LogP contribution < -0.4 is 0 Å². The molecule has 6 nitrogen and oxygen atoms in total. The highest BCUT2D eigenvalue weighted by Crippen LogP contribution is 2.37. The van der Waals surface area contributed by atoms with Gasteiger partial charge in [0.2, 0.25) is 0 Å². The van der Waals surface area contributed by atoms with Crippen LogP contribution in [0.5, 0.6) is 0 Å². The summed E-state index contributed by atoms with van der Waals surface area (Å²) in [6.07, 6.45) is 2.21. The first-order valence-corrected chi connectivity index (χ1v) is 11.6. The van der Waals surface area contributed by atoms with Gasteiger partial charge in [-0.05, 0) is 24.1 Å². The zero-order chi connectivity index (χ0) is 22.1. The Morgan fingerprint density at radius 1 is 1.09 bits per heavy atom. The highest BCUT2D eigenvalue weighted by atomic mass is 35.5. The lowest BCUT2D eigenvalue weighted by atomic mass is 9.98. The van der Waals surface area contributed by atoms with Crippen molar-refractivity contribution in [1.82, 2.24) is 9.91 Å². The standard InChI is InChI=1S/C25H28ClN3O3/c1-18-6-8-19(9-7-18)22-16-23(20-4-2-3-5-21(20)26)29(27-22)24(30)17-28-12-10-25(11-13-28)31-14-15-32-25/h2-9,23H,10-17H2,1H3/t23-/m1/s1. The monoisotopic (exact) mass is 453 g/mol. The summed E-state index contributed by atoms with van der Waals surface area (Å²) in [5.41, 5.74) is 4.08. The molecular weight excluding hydrogens is 426 g/mol. The summed E-state index contributed by atoms with van der Waals surface area (Å²) in [7, 11) is 0. The molecule has 32 heavy (non-hydrogen) atoms. The van der Waals surface area contributed by atoms with Crippen molar-refractivity contribution in [3.05, 3.63) is 70.2 Å². The first-order valence-electron chi connectivity index (χ1n) is 11.2. The minimum atomic E-state index is -0.440. The molecule has 0 bridgehead atoms. The number of benzene rings is 2. The van der Waals surface area contributed by atoms with Crippen LogP contribution in [0.1, 0.15) is 42.0 Å². The number of hydrazone groups is 1. The Morgan fingerprint density at radius 2 is 1.78 bits per heavy atom. The molecule has 1 spiro atoms. The van der Waals surface area contributed by atoms with Gasteiger partial charge in [-0.15, -0.1) is 0 Å². The molecule has 168 valence electrons. The number of likely N-dealkylation sites (tertiary alicyclic amines) is 1. The van der Waals surface area contributed by atoms with Crippen LogP contribution in [0.4, 0.5) is 0 Å². The van der Waals surface area contributed by atoms with E-state index in [1.165, 1.54) is 5.56 Å². The van der Waals surface area contributed by atoms with Crippen molar-refractivity contribution in [2.45, 2.75) is 38.0 Å². The molecular formula is C25H28ClN3O3. The van der Waals surface area contributed by atoms with Crippen molar-refractivity contribution in [2.75, 3.05) is 32.8 Å². The Labute approximate surface area is 193 Å². The van der Waals surface area contributed by atoms with Gasteiger partial charge < -0.3 is 9.47 Å². The third-order valence-corrected chi connectivity index (χ3v) is 6.95. The van der Waals surface area contributed by atoms with Crippen molar-refractivity contribution in [1.29, 1.82) is 0 Å². The fourth-order valence-electron chi connectivity index (χ4n) is 4.75. The first-order chi connectivity index (χ1) is 15.5. The van der Waals surface area contributed by atoms with Gasteiger partial charge in [-0.1, -0.05) is 59.6 Å². The highest BCUT2D eigenvalue weighted by molar-refractivity contribution is 6.31. The summed E-state index contributed by atoms with van der Waals surface area (Å²) in [6.45, 7) is 5.23. The van der Waals surface area contributed by atoms with E-state index in [-0.39, 0.29) is 11.9 Å². The summed E-state index contributed by atoms with van der Waals surface area (Å²) in [6, 6.07) is 15.8. The zero-order valence-corrected chi connectivity index (χ0v) is 19.1. The zero-order valence-electron chi connectivity index (χ0n) is 18.3. The number of ether oxygens (including phenoxy) is 2. The number of carbonyl (C=O) groups excluding carboxylic acids is 1. The molecule has 1 amide bonds. The molecule has 0 N–H and O–H groups in total. The minimum absolute atomic E-state index is 0.0127. The molecule has 0 aromatic heterocycles. The van der Waals surface area contributed by atoms with E-state index in [0.717, 1.165) is 42.8 Å². The van der Waals surface area contributed by atoms with Crippen molar-refractivity contribution in [2.24, 2.45) is 5.10 Å². The van der Waals surface area contributed by atoms with Crippen molar-refractivity contribution >= 4 is 23.2 Å². The second-order valence-corrected chi connectivity index (χ2v) is 9.18. The van der Waals surface area contributed by atoms with E-state index >= 15 is 0 Å². The SMILES string of the molecule is Cc1ccc(C2=NN(C(=O)CN3CCC4(CC3)OCCO4)[C@@H](c3ccccc3Cl)C2)cc1. The lowest BCUT2D eigenvalue weighted by Gasteiger charge is -2.37. The molecule has 2 aromatic rings. The van der Waals surface area contributed by atoms with Gasteiger partial charge >= 0.3 is 0 Å². The molecule has 3 aliphatic heterocycles. The lowest BCUT2D eigenvalue weighted by Crippen LogP contribution is -2.48. The molecule has 7 heteroatoms. The predicted octanol–water partition coefficient (Wildman–Crippen LogP) is 4.17. The van der Waals surface area contributed by atoms with Crippen LogP contribution in [0.2, 0.25) is 5.02 Å². The first kappa shape index (κ1) is 21.6. The highest BCUT2D eigenvalue weighted by Gasteiger charge is 2.41. The van der Waals surface area contributed by atoms with Gasteiger partial charge in [0, 0.05) is 37.4 Å². The second kappa shape index (κ2) is 8.94. The van der Waals surface area contributed by atoms with E-state index in [2.05, 4.69) is 36.1 Å². The van der Waals surface area contributed by atoms with E-state index in [0.29, 0.717) is 31.2 Å². The van der Waals surface area contributed by atoms with Gasteiger partial charge in [0.15, 0.2) is 5.79 Å². The smallest absolute Gasteiger partial charge is 0.257 e. The summed E-state index contributed by atoms with van der Waals surface area (Å²) >= 11 is 6.52. The van der Waals surface area contributed by atoms with Crippen molar-refractivity contribution in [3.63, 3.8) is 0 Å². The number of amides is 1. The third-order valence-electron chi connectivity index (χ3n) is 6.61. The molecule has 0 saturated carbocycles. The average Bonchev–Trinajstić information content (AvgIpc) is 3.44. The summed E-state index contributed by atoms with van der Waals surface area (Å²) < 4.78 is 11.6. The summed E-state index contributed by atoms with van der Waals surface area (Å²) in [5.74, 6) is -0.453. The molecule has 0 radical (unpaired) electrons. The molecule has 3 heterocycles. The normalized spacial score (nSPS) is 23.0. The fourth-order valence-corrected chi connectivity index (χ4v) is 5.01. The van der Waals surface area contributed by atoms with Crippen LogP contribution in [0.15, 0.2) is 53.6 Å². The Hall–Kier alpha value is -2.25. The second-order valence-electron chi connectivity index (χ2n) is 8.78. The number of hydrogen-bond acceptors (Lipinski definition) is 5. The predicted molar refractivity (Wildman–Crippen MR) is 124 cm³/mol. The Bertz CT molecular complexity index is 1010. The number of aryl methyl sites for hydroxylation is 1. The van der Waals surface area contributed by atoms with E-state index in [9.17, 15) is 4.79 Å². The average molecular weight is 454 g/mol. The maximum Gasteiger partial charge on any atom is 0.257 e. The van der Waals surface area contributed by atoms with Crippen LogP contribution >= 0.6 is 11.6 Å². The van der Waals surface area contributed by atoms with Gasteiger partial charge in [0.1, 0.15) is 0 Å². The van der Waals surface area contributed by atoms with Gasteiger partial charge in [-0.25, -0.2) is 5.01 Å². The number of rotatable bonds is 4. The number of nitrogens with zero attached hydrogens (tertiary/aromatic N) is 3. The van der Waals surface area contributed by atoms with Gasteiger partial charge in [0.25, 0.3) is 5.91 Å². The van der Waals surface area contributed by atoms with Gasteiger partial charge in [0.05, 0.1) is 31.5 Å². The molecule has 2 aromatic carbocycles. The molecule has 5 rings (SSSR count). The molecule has 2 fully saturated rings. The van der Waals surface area contributed by atoms with Crippen molar-refractivity contribution < 1.29 is 14.3 Å². The molecule has 3 aliphatic rings. The van der Waals surface area contributed by atoms with Crippen molar-refractivity contribution in [3.8, 4) is 0 Å². The molecule has 0 aliphatic carbocycles. The quantitative estimate of drug-likeness (QED) is 0.697. The van der Waals surface area contributed by atoms with E-state index in [1.54, 1.807) is 5.01 Å². The van der Waals surface area contributed by atoms with E-state index < -0.39 is 5.79 Å². The van der Waals surface area contributed by atoms with Crippen LogP contribution in [-0.2, 0) is 14.3 Å². The third kappa shape index (κ3) is 4.33. The number of hydrogen-bond donors (Lipinski definition) is 0. The van der Waals surface area contributed by atoms with Crippen LogP contribution in [-0.4, -0.2) is 60.2 Å². The summed E-state index contributed by atoms with van der Waals surface area (Å²) in [4.78, 5) is 15.6. The summed E-state index contributed by atoms with van der Waals surface area (Å²) in [5, 5.41) is 7.09. The molecule has 0 unspecified atom stereocenters. The minimum Gasteiger partial charge on any atom is -0.347 e. The fraction of sp³-hybridized carbons (Fsp3) is 0.440. The van der Waals surface area contributed by atoms with Crippen LogP contribution in [0.3, 0.4) is 0 Å². The van der Waals surface area contributed by atoms with Gasteiger partial charge in [-0.3, -0.25) is 9.69 Å². The molecule has 2 saturated heterocycles. The maximum absolute atomic E-state index is 13.4. The number of carbonyl (C=O) groups is 1. The van der Waals surface area contributed by atoms with E-state index in [1.807, 2.05) is 24.3 Å². The van der Waals surface area contributed by atoms with E-state index in [4.69, 9.17) is 26.2 Å². The largest absolute Gasteiger partial charge is 0.347 e. The Morgan fingerprint density at radius 3 is 2.47 bits per heavy atom. The molecule has 1 atom stereocenters. The van der Waals surface area contributed by atoms with Crippen LogP contribution in [0, 0.1) is 6.92 Å². The lowest BCUT2D eigenvalue weighted by molar-refractivity contribution is -0.186. The topological polar surface area (TPSA) is 54.4 Å². The number of halogens is 1. The number of piperidine rings is 1. The van der Waals surface area contributed by atoms with Crippen LogP contribution in [0.25, 0.3) is 0 Å². The maximum atomic E-state index is 13.4. The Kier molecular flexibility index (Phi) is 6.03. The van der Waals surface area contributed by atoms with Gasteiger partial charge in [-0.2, -0.15) is 5.10 Å².